The topological polar surface area (TPSA) is 57.5 Å². The SMILES string of the molecule is CNCCN(C)Cc1c(OC)cc(OCc2cccc(-c3ccccc3)c2C#N)c2c1CCC2. The van der Waals surface area contributed by atoms with Crippen molar-refractivity contribution in [3.8, 4) is 28.7 Å². The second kappa shape index (κ2) is 11.2. The third kappa shape index (κ3) is 5.09. The van der Waals surface area contributed by atoms with E-state index >= 15 is 0 Å². The number of nitrogens with zero attached hydrogens (tertiary/aromatic N) is 2. The van der Waals surface area contributed by atoms with Crippen molar-refractivity contribution in [2.75, 3.05) is 34.3 Å². The fourth-order valence-electron chi connectivity index (χ4n) is 4.79. The van der Waals surface area contributed by atoms with Crippen molar-refractivity contribution in [1.29, 1.82) is 5.26 Å². The number of hydrogen-bond donors (Lipinski definition) is 1. The van der Waals surface area contributed by atoms with Gasteiger partial charge in [0.15, 0.2) is 0 Å². The maximum atomic E-state index is 9.94. The molecule has 3 aromatic rings. The number of fused-ring (bicyclic) bond motifs is 1. The Labute approximate surface area is 202 Å². The Morgan fingerprint density at radius 3 is 2.56 bits per heavy atom. The molecule has 0 unspecified atom stereocenters. The van der Waals surface area contributed by atoms with Crippen LogP contribution in [0.4, 0.5) is 0 Å². The summed E-state index contributed by atoms with van der Waals surface area (Å²) in [6.07, 6.45) is 3.18. The monoisotopic (exact) mass is 455 g/mol. The Balaban J connectivity index is 1.61. The summed E-state index contributed by atoms with van der Waals surface area (Å²) in [5.41, 5.74) is 7.46. The van der Waals surface area contributed by atoms with Gasteiger partial charge in [-0.2, -0.15) is 5.26 Å². The van der Waals surface area contributed by atoms with Crippen molar-refractivity contribution in [3.63, 3.8) is 0 Å². The van der Waals surface area contributed by atoms with Crippen molar-refractivity contribution >= 4 is 0 Å². The minimum Gasteiger partial charge on any atom is -0.496 e. The summed E-state index contributed by atoms with van der Waals surface area (Å²) in [5.74, 6) is 1.76. The Morgan fingerprint density at radius 2 is 1.82 bits per heavy atom. The Morgan fingerprint density at radius 1 is 1.03 bits per heavy atom. The summed E-state index contributed by atoms with van der Waals surface area (Å²) in [4.78, 5) is 2.32. The second-order valence-corrected chi connectivity index (χ2v) is 8.81. The third-order valence-electron chi connectivity index (χ3n) is 6.56. The number of ether oxygens (including phenoxy) is 2. The van der Waals surface area contributed by atoms with E-state index in [2.05, 4.69) is 23.3 Å². The molecule has 176 valence electrons. The molecular weight excluding hydrogens is 422 g/mol. The van der Waals surface area contributed by atoms with Gasteiger partial charge < -0.3 is 19.7 Å². The highest BCUT2D eigenvalue weighted by atomic mass is 16.5. The van der Waals surface area contributed by atoms with Gasteiger partial charge in [0.1, 0.15) is 24.2 Å². The molecule has 34 heavy (non-hydrogen) atoms. The molecule has 0 atom stereocenters. The smallest absolute Gasteiger partial charge is 0.127 e. The lowest BCUT2D eigenvalue weighted by molar-refractivity contribution is 0.296. The minimum atomic E-state index is 0.348. The molecule has 0 saturated heterocycles. The molecule has 4 rings (SSSR count). The molecular formula is C29H33N3O2. The highest BCUT2D eigenvalue weighted by Gasteiger charge is 2.24. The number of methoxy groups -OCH3 is 1. The maximum absolute atomic E-state index is 9.94. The van der Waals surface area contributed by atoms with Crippen LogP contribution in [0.2, 0.25) is 0 Å². The van der Waals surface area contributed by atoms with Gasteiger partial charge in [-0.25, -0.2) is 0 Å². The van der Waals surface area contributed by atoms with Gasteiger partial charge in [-0.3, -0.25) is 0 Å². The highest BCUT2D eigenvalue weighted by Crippen LogP contribution is 2.40. The lowest BCUT2D eigenvalue weighted by Crippen LogP contribution is -2.27. The summed E-state index contributed by atoms with van der Waals surface area (Å²) >= 11 is 0. The zero-order valence-electron chi connectivity index (χ0n) is 20.4. The van der Waals surface area contributed by atoms with Crippen molar-refractivity contribution in [1.82, 2.24) is 10.2 Å². The van der Waals surface area contributed by atoms with Crippen LogP contribution in [0.3, 0.4) is 0 Å². The number of rotatable bonds is 10. The van der Waals surface area contributed by atoms with Gasteiger partial charge in [-0.1, -0.05) is 48.5 Å². The van der Waals surface area contributed by atoms with Gasteiger partial charge in [0.2, 0.25) is 0 Å². The molecule has 0 aliphatic heterocycles. The summed E-state index contributed by atoms with van der Waals surface area (Å²) < 4.78 is 12.2. The summed E-state index contributed by atoms with van der Waals surface area (Å²) in [6, 6.07) is 20.5. The first-order valence-electron chi connectivity index (χ1n) is 11.9. The molecule has 0 bridgehead atoms. The lowest BCUT2D eigenvalue weighted by Gasteiger charge is -2.22. The van der Waals surface area contributed by atoms with Crippen molar-refractivity contribution in [2.24, 2.45) is 0 Å². The first-order chi connectivity index (χ1) is 16.7. The highest BCUT2D eigenvalue weighted by molar-refractivity contribution is 5.72. The zero-order valence-corrected chi connectivity index (χ0v) is 20.4. The zero-order chi connectivity index (χ0) is 23.9. The van der Waals surface area contributed by atoms with Crippen LogP contribution < -0.4 is 14.8 Å². The van der Waals surface area contributed by atoms with Gasteiger partial charge in [0, 0.05) is 36.8 Å². The lowest BCUT2D eigenvalue weighted by atomic mass is 9.96. The molecule has 5 nitrogen and oxygen atoms in total. The van der Waals surface area contributed by atoms with Crippen LogP contribution in [0.5, 0.6) is 11.5 Å². The van der Waals surface area contributed by atoms with Crippen LogP contribution >= 0.6 is 0 Å². The Kier molecular flexibility index (Phi) is 7.84. The van der Waals surface area contributed by atoms with E-state index in [1.165, 1.54) is 16.7 Å². The predicted molar refractivity (Wildman–Crippen MR) is 136 cm³/mol. The standard InChI is InChI=1S/C29H33N3O2/c1-31-15-16-32(2)19-27-24-13-8-14-25(24)29(17-28(27)33-3)34-20-22-11-7-12-23(26(22)18-30)21-9-5-4-6-10-21/h4-7,9-12,17,31H,8,13-16,19-20H2,1-3H3. The van der Waals surface area contributed by atoms with Crippen molar-refractivity contribution < 1.29 is 9.47 Å². The van der Waals surface area contributed by atoms with E-state index in [-0.39, 0.29) is 0 Å². The number of hydrogen-bond acceptors (Lipinski definition) is 5. The second-order valence-electron chi connectivity index (χ2n) is 8.81. The quantitative estimate of drug-likeness (QED) is 0.469. The molecule has 5 heteroatoms. The molecule has 0 spiro atoms. The largest absolute Gasteiger partial charge is 0.496 e. The number of benzene rings is 3. The van der Waals surface area contributed by atoms with Gasteiger partial charge >= 0.3 is 0 Å². The van der Waals surface area contributed by atoms with Gasteiger partial charge in [0.25, 0.3) is 0 Å². The molecule has 0 radical (unpaired) electrons. The maximum Gasteiger partial charge on any atom is 0.127 e. The molecule has 3 aromatic carbocycles. The molecule has 1 aliphatic rings. The summed E-state index contributed by atoms with van der Waals surface area (Å²) in [6.45, 7) is 3.12. The number of nitriles is 1. The Hall–Kier alpha value is -3.33. The average Bonchev–Trinajstić information content (AvgIpc) is 3.37. The molecule has 0 heterocycles. The molecule has 0 fully saturated rings. The normalized spacial score (nSPS) is 12.4. The Bertz CT molecular complexity index is 1170. The van der Waals surface area contributed by atoms with E-state index in [9.17, 15) is 5.26 Å². The third-order valence-corrected chi connectivity index (χ3v) is 6.56. The molecule has 0 amide bonds. The predicted octanol–water partition coefficient (Wildman–Crippen LogP) is 4.95. The van der Waals surface area contributed by atoms with Crippen LogP contribution in [-0.4, -0.2) is 39.2 Å². The molecule has 0 aromatic heterocycles. The number of nitrogens with one attached hydrogen (secondary N) is 1. The average molecular weight is 456 g/mol. The molecule has 1 aliphatic carbocycles. The van der Waals surface area contributed by atoms with E-state index in [1.54, 1.807) is 7.11 Å². The fourth-order valence-corrected chi connectivity index (χ4v) is 4.79. The summed E-state index contributed by atoms with van der Waals surface area (Å²) in [5, 5.41) is 13.2. The van der Waals surface area contributed by atoms with Crippen LogP contribution in [-0.2, 0) is 26.0 Å². The van der Waals surface area contributed by atoms with Crippen LogP contribution in [0.1, 0.15) is 34.2 Å². The minimum absolute atomic E-state index is 0.348. The van der Waals surface area contributed by atoms with Crippen molar-refractivity contribution in [3.05, 3.63) is 82.4 Å². The van der Waals surface area contributed by atoms with E-state index in [4.69, 9.17) is 9.47 Å². The van der Waals surface area contributed by atoms with Crippen molar-refractivity contribution in [2.45, 2.75) is 32.4 Å². The first-order valence-corrected chi connectivity index (χ1v) is 11.9. The van der Waals surface area contributed by atoms with E-state index in [0.717, 1.165) is 67.1 Å². The van der Waals surface area contributed by atoms with Gasteiger partial charge in [-0.05, 0) is 55.6 Å². The van der Waals surface area contributed by atoms with E-state index < -0.39 is 0 Å². The van der Waals surface area contributed by atoms with Gasteiger partial charge in [-0.15, -0.1) is 0 Å². The summed E-state index contributed by atoms with van der Waals surface area (Å²) in [7, 11) is 5.85. The van der Waals surface area contributed by atoms with Crippen LogP contribution in [0.25, 0.3) is 11.1 Å². The number of likely N-dealkylation sites (N-methyl/N-ethyl adjacent to an activating group) is 2. The van der Waals surface area contributed by atoms with E-state index in [1.807, 2.05) is 61.6 Å². The van der Waals surface area contributed by atoms with Crippen LogP contribution in [0, 0.1) is 11.3 Å². The van der Waals surface area contributed by atoms with Crippen LogP contribution in [0.15, 0.2) is 54.6 Å². The first kappa shape index (κ1) is 23.8. The van der Waals surface area contributed by atoms with E-state index in [0.29, 0.717) is 12.2 Å². The fraction of sp³-hybridized carbons (Fsp3) is 0.345. The van der Waals surface area contributed by atoms with Gasteiger partial charge in [0.05, 0.1) is 12.7 Å². The molecule has 1 N–H and O–H groups in total. The molecule has 0 saturated carbocycles.